The Bertz CT molecular complexity index is 811. The third-order valence-corrected chi connectivity index (χ3v) is 3.33. The first-order chi connectivity index (χ1) is 10.0. The number of rotatable bonds is 3. The van der Waals surface area contributed by atoms with Crippen molar-refractivity contribution in [3.05, 3.63) is 53.4 Å². The number of fused-ring (bicyclic) bond motifs is 1. The van der Waals surface area contributed by atoms with Crippen LogP contribution in [0.5, 0.6) is 0 Å². The topological polar surface area (TPSA) is 42.7 Å². The molecule has 2 aromatic heterocycles. The fourth-order valence-corrected chi connectivity index (χ4v) is 2.28. The summed E-state index contributed by atoms with van der Waals surface area (Å²) in [6.45, 7) is 2.32. The fraction of sp³-hybridized carbons (Fsp3) is 0.200. The molecular formula is C15H14F2N4. The number of anilines is 1. The molecule has 4 nitrogen and oxygen atoms in total. The van der Waals surface area contributed by atoms with Crippen molar-refractivity contribution in [2.45, 2.75) is 13.5 Å². The van der Waals surface area contributed by atoms with Crippen molar-refractivity contribution in [3.63, 3.8) is 0 Å². The fourth-order valence-electron chi connectivity index (χ4n) is 2.28. The van der Waals surface area contributed by atoms with Crippen LogP contribution in [0.15, 0.2) is 30.5 Å². The Balaban J connectivity index is 1.83. The minimum atomic E-state index is -0.610. The quantitative estimate of drug-likeness (QED) is 0.805. The summed E-state index contributed by atoms with van der Waals surface area (Å²) in [4.78, 5) is 4.36. The second-order valence-electron chi connectivity index (χ2n) is 4.90. The first-order valence-electron chi connectivity index (χ1n) is 6.52. The van der Waals surface area contributed by atoms with Gasteiger partial charge in [-0.05, 0) is 30.7 Å². The van der Waals surface area contributed by atoms with E-state index in [0.717, 1.165) is 28.4 Å². The number of aromatic nitrogens is 3. The molecule has 1 aromatic carbocycles. The summed E-state index contributed by atoms with van der Waals surface area (Å²) >= 11 is 0. The molecule has 6 heteroatoms. The van der Waals surface area contributed by atoms with E-state index in [1.54, 1.807) is 10.9 Å². The van der Waals surface area contributed by atoms with Crippen LogP contribution in [0.3, 0.4) is 0 Å². The van der Waals surface area contributed by atoms with E-state index in [1.165, 1.54) is 12.1 Å². The molecule has 3 aromatic rings. The highest BCUT2D eigenvalue weighted by molar-refractivity contribution is 5.78. The minimum absolute atomic E-state index is 0.263. The zero-order chi connectivity index (χ0) is 15.0. The maximum Gasteiger partial charge on any atom is 0.157 e. The highest BCUT2D eigenvalue weighted by atomic mass is 19.1. The first-order valence-corrected chi connectivity index (χ1v) is 6.52. The molecule has 0 fully saturated rings. The van der Waals surface area contributed by atoms with E-state index in [4.69, 9.17) is 0 Å². The normalized spacial score (nSPS) is 11.0. The van der Waals surface area contributed by atoms with Crippen LogP contribution in [0.1, 0.15) is 11.3 Å². The average Bonchev–Trinajstić information content (AvgIpc) is 2.73. The predicted molar refractivity (Wildman–Crippen MR) is 76.9 cm³/mol. The lowest BCUT2D eigenvalue weighted by Gasteiger charge is -2.07. The number of hydrogen-bond acceptors (Lipinski definition) is 3. The van der Waals surface area contributed by atoms with Gasteiger partial charge in [0.2, 0.25) is 0 Å². The molecule has 0 atom stereocenters. The second-order valence-corrected chi connectivity index (χ2v) is 4.90. The van der Waals surface area contributed by atoms with Crippen molar-refractivity contribution < 1.29 is 8.78 Å². The van der Waals surface area contributed by atoms with Gasteiger partial charge in [0.1, 0.15) is 11.6 Å². The van der Waals surface area contributed by atoms with Gasteiger partial charge in [-0.3, -0.25) is 4.68 Å². The molecule has 0 saturated carbocycles. The van der Waals surface area contributed by atoms with E-state index < -0.39 is 11.6 Å². The molecule has 0 aliphatic carbocycles. The molecule has 0 bridgehead atoms. The molecule has 1 N–H and O–H groups in total. The minimum Gasteiger partial charge on any atom is -0.379 e. The van der Waals surface area contributed by atoms with Crippen LogP contribution >= 0.6 is 0 Å². The molecular weight excluding hydrogens is 274 g/mol. The number of nitrogens with one attached hydrogen (secondary N) is 1. The van der Waals surface area contributed by atoms with Gasteiger partial charge in [0, 0.05) is 31.2 Å². The number of hydrogen-bond donors (Lipinski definition) is 1. The van der Waals surface area contributed by atoms with E-state index in [-0.39, 0.29) is 5.69 Å². The Kier molecular flexibility index (Phi) is 3.29. The zero-order valence-electron chi connectivity index (χ0n) is 11.7. The first kappa shape index (κ1) is 13.5. The monoisotopic (exact) mass is 288 g/mol. The number of halogens is 2. The standard InChI is InChI=1S/C15H14F2N4/c1-9-12-5-10(8-19-15(12)21(2)20-9)7-18-14-4-3-11(16)6-13(14)17/h3-6,8,18H,7H2,1-2H3. The van der Waals surface area contributed by atoms with Gasteiger partial charge >= 0.3 is 0 Å². The van der Waals surface area contributed by atoms with Crippen LogP contribution in [0, 0.1) is 18.6 Å². The average molecular weight is 288 g/mol. The van der Waals surface area contributed by atoms with Crippen LogP contribution in [-0.2, 0) is 13.6 Å². The van der Waals surface area contributed by atoms with Crippen molar-refractivity contribution in [1.82, 2.24) is 14.8 Å². The zero-order valence-corrected chi connectivity index (χ0v) is 11.7. The van der Waals surface area contributed by atoms with Gasteiger partial charge in [0.05, 0.1) is 11.4 Å². The summed E-state index contributed by atoms with van der Waals surface area (Å²) in [6.07, 6.45) is 1.72. The Morgan fingerprint density at radius 2 is 2.05 bits per heavy atom. The third kappa shape index (κ3) is 2.56. The van der Waals surface area contributed by atoms with Gasteiger partial charge < -0.3 is 5.32 Å². The molecule has 108 valence electrons. The van der Waals surface area contributed by atoms with Crippen LogP contribution < -0.4 is 5.32 Å². The molecule has 0 spiro atoms. The van der Waals surface area contributed by atoms with Gasteiger partial charge in [0.15, 0.2) is 5.65 Å². The van der Waals surface area contributed by atoms with Crippen molar-refractivity contribution in [2.75, 3.05) is 5.32 Å². The van der Waals surface area contributed by atoms with E-state index in [0.29, 0.717) is 6.54 Å². The summed E-state index contributed by atoms with van der Waals surface area (Å²) in [6, 6.07) is 5.43. The maximum atomic E-state index is 13.5. The number of benzene rings is 1. The van der Waals surface area contributed by atoms with Crippen LogP contribution in [-0.4, -0.2) is 14.8 Å². The highest BCUT2D eigenvalue weighted by Crippen LogP contribution is 2.19. The Morgan fingerprint density at radius 3 is 2.81 bits per heavy atom. The summed E-state index contributed by atoms with van der Waals surface area (Å²) in [5, 5.41) is 8.21. The molecule has 0 saturated heterocycles. The van der Waals surface area contributed by atoms with Crippen LogP contribution in [0.25, 0.3) is 11.0 Å². The summed E-state index contributed by atoms with van der Waals surface area (Å²) in [7, 11) is 1.84. The molecule has 3 rings (SSSR count). The lowest BCUT2D eigenvalue weighted by molar-refractivity contribution is 0.585. The lowest BCUT2D eigenvalue weighted by Crippen LogP contribution is -2.02. The molecule has 0 unspecified atom stereocenters. The van der Waals surface area contributed by atoms with Gasteiger partial charge in [-0.15, -0.1) is 0 Å². The van der Waals surface area contributed by atoms with Crippen molar-refractivity contribution in [2.24, 2.45) is 7.05 Å². The lowest BCUT2D eigenvalue weighted by atomic mass is 10.2. The van der Waals surface area contributed by atoms with Gasteiger partial charge in [-0.1, -0.05) is 0 Å². The van der Waals surface area contributed by atoms with E-state index in [1.807, 2.05) is 20.0 Å². The predicted octanol–water partition coefficient (Wildman–Crippen LogP) is 3.17. The number of aryl methyl sites for hydroxylation is 2. The molecule has 0 radical (unpaired) electrons. The van der Waals surface area contributed by atoms with Gasteiger partial charge in [-0.25, -0.2) is 13.8 Å². The number of pyridine rings is 1. The molecule has 21 heavy (non-hydrogen) atoms. The number of nitrogens with zero attached hydrogens (tertiary/aromatic N) is 3. The smallest absolute Gasteiger partial charge is 0.157 e. The van der Waals surface area contributed by atoms with Crippen LogP contribution in [0.2, 0.25) is 0 Å². The van der Waals surface area contributed by atoms with E-state index in [9.17, 15) is 8.78 Å². The Hall–Kier alpha value is -2.50. The molecule has 0 aliphatic rings. The van der Waals surface area contributed by atoms with Crippen molar-refractivity contribution >= 4 is 16.7 Å². The van der Waals surface area contributed by atoms with Gasteiger partial charge in [0.25, 0.3) is 0 Å². The van der Waals surface area contributed by atoms with Crippen LogP contribution in [0.4, 0.5) is 14.5 Å². The van der Waals surface area contributed by atoms with E-state index >= 15 is 0 Å². The largest absolute Gasteiger partial charge is 0.379 e. The third-order valence-electron chi connectivity index (χ3n) is 3.33. The highest BCUT2D eigenvalue weighted by Gasteiger charge is 2.08. The summed E-state index contributed by atoms with van der Waals surface area (Å²) < 4.78 is 28.1. The molecule has 0 aliphatic heterocycles. The van der Waals surface area contributed by atoms with Crippen molar-refractivity contribution in [3.8, 4) is 0 Å². The second kappa shape index (κ2) is 5.12. The maximum absolute atomic E-state index is 13.5. The SMILES string of the molecule is Cc1nn(C)c2ncc(CNc3ccc(F)cc3F)cc12. The Morgan fingerprint density at radius 1 is 1.24 bits per heavy atom. The molecule has 0 amide bonds. The van der Waals surface area contributed by atoms with Gasteiger partial charge in [-0.2, -0.15) is 5.10 Å². The summed E-state index contributed by atoms with van der Waals surface area (Å²) in [5.41, 5.74) is 2.88. The van der Waals surface area contributed by atoms with E-state index in [2.05, 4.69) is 15.4 Å². The Labute approximate surface area is 120 Å². The molecule has 2 heterocycles. The van der Waals surface area contributed by atoms with Crippen molar-refractivity contribution in [1.29, 1.82) is 0 Å². The summed E-state index contributed by atoms with van der Waals surface area (Å²) in [5.74, 6) is -1.20.